The van der Waals surface area contributed by atoms with Crippen molar-refractivity contribution >= 4 is 28.7 Å². The molecule has 1 aliphatic rings. The first kappa shape index (κ1) is 21.2. The van der Waals surface area contributed by atoms with Crippen LogP contribution in [0.5, 0.6) is 0 Å². The number of halogens is 1. The summed E-state index contributed by atoms with van der Waals surface area (Å²) in [6, 6.07) is 6.19. The minimum absolute atomic E-state index is 0.0469. The lowest BCUT2D eigenvalue weighted by atomic mass is 10.2. The monoisotopic (exact) mass is 443 g/mol. The average molecular weight is 444 g/mol. The number of amides is 1. The highest BCUT2D eigenvalue weighted by atomic mass is 32.2. The van der Waals surface area contributed by atoms with Crippen LogP contribution in [0.3, 0.4) is 0 Å². The van der Waals surface area contributed by atoms with Crippen LogP contribution in [0.25, 0.3) is 22.4 Å². The standard InChI is InChI=1S/C21H22FN5O3S/c1-26-18-16(20(29)27(2)21(26)30)19(31-11-15(28)23-12-7-3-4-8-12)25-17(24-18)13-9-5-6-10-14(13)22/h5-6,9-10,12H,3-4,7-8,11H2,1-2H3,(H,23,28). The zero-order chi connectivity index (χ0) is 22.1. The highest BCUT2D eigenvalue weighted by molar-refractivity contribution is 8.00. The van der Waals surface area contributed by atoms with Gasteiger partial charge in [0, 0.05) is 20.1 Å². The predicted molar refractivity (Wildman–Crippen MR) is 117 cm³/mol. The summed E-state index contributed by atoms with van der Waals surface area (Å²) in [5, 5.41) is 3.36. The topological polar surface area (TPSA) is 98.9 Å². The number of fused-ring (bicyclic) bond motifs is 1. The molecule has 0 saturated heterocycles. The van der Waals surface area contributed by atoms with Gasteiger partial charge in [0.2, 0.25) is 5.91 Å². The molecule has 0 unspecified atom stereocenters. The molecule has 0 radical (unpaired) electrons. The average Bonchev–Trinajstić information content (AvgIpc) is 3.27. The van der Waals surface area contributed by atoms with Gasteiger partial charge in [-0.05, 0) is 25.0 Å². The number of carbonyl (C=O) groups is 1. The molecule has 1 aromatic carbocycles. The van der Waals surface area contributed by atoms with Crippen molar-refractivity contribution in [1.82, 2.24) is 24.4 Å². The Balaban J connectivity index is 1.79. The number of nitrogens with zero attached hydrogens (tertiary/aromatic N) is 4. The summed E-state index contributed by atoms with van der Waals surface area (Å²) in [4.78, 5) is 46.4. The minimum Gasteiger partial charge on any atom is -0.353 e. The van der Waals surface area contributed by atoms with E-state index in [9.17, 15) is 18.8 Å². The molecule has 1 fully saturated rings. The Morgan fingerprint density at radius 2 is 1.87 bits per heavy atom. The van der Waals surface area contributed by atoms with Crippen molar-refractivity contribution < 1.29 is 9.18 Å². The van der Waals surface area contributed by atoms with Gasteiger partial charge in [0.1, 0.15) is 16.2 Å². The summed E-state index contributed by atoms with van der Waals surface area (Å²) in [6.45, 7) is 0. The molecule has 0 aliphatic heterocycles. The van der Waals surface area contributed by atoms with Crippen molar-refractivity contribution in [1.29, 1.82) is 0 Å². The first-order chi connectivity index (χ1) is 14.9. The maximum Gasteiger partial charge on any atom is 0.332 e. The highest BCUT2D eigenvalue weighted by Gasteiger charge is 2.21. The van der Waals surface area contributed by atoms with Crippen LogP contribution in [-0.4, -0.2) is 36.8 Å². The van der Waals surface area contributed by atoms with Crippen LogP contribution in [0.15, 0.2) is 38.9 Å². The summed E-state index contributed by atoms with van der Waals surface area (Å²) in [6.07, 6.45) is 4.13. The number of rotatable bonds is 5. The molecule has 0 atom stereocenters. The Hall–Kier alpha value is -3.01. The van der Waals surface area contributed by atoms with Crippen LogP contribution in [0.4, 0.5) is 4.39 Å². The van der Waals surface area contributed by atoms with Gasteiger partial charge in [0.25, 0.3) is 5.56 Å². The third-order valence-corrected chi connectivity index (χ3v) is 6.42. The van der Waals surface area contributed by atoms with Crippen molar-refractivity contribution in [2.24, 2.45) is 14.1 Å². The summed E-state index contributed by atoms with van der Waals surface area (Å²) in [5.41, 5.74) is -0.864. The van der Waals surface area contributed by atoms with Gasteiger partial charge in [-0.2, -0.15) is 0 Å². The van der Waals surface area contributed by atoms with Crippen LogP contribution in [0, 0.1) is 5.82 Å². The number of benzene rings is 1. The van der Waals surface area contributed by atoms with Crippen LogP contribution in [-0.2, 0) is 18.9 Å². The quantitative estimate of drug-likeness (QED) is 0.478. The second-order valence-corrected chi connectivity index (χ2v) is 8.54. The lowest BCUT2D eigenvalue weighted by Gasteiger charge is -2.13. The number of thioether (sulfide) groups is 1. The number of hydrogen-bond donors (Lipinski definition) is 1. The van der Waals surface area contributed by atoms with Crippen molar-refractivity contribution in [3.8, 4) is 11.4 Å². The normalized spacial score (nSPS) is 14.3. The first-order valence-corrected chi connectivity index (χ1v) is 11.0. The number of carbonyl (C=O) groups excluding carboxylic acids is 1. The van der Waals surface area contributed by atoms with E-state index in [1.807, 2.05) is 0 Å². The third-order valence-electron chi connectivity index (χ3n) is 5.44. The van der Waals surface area contributed by atoms with Crippen LogP contribution in [0.1, 0.15) is 25.7 Å². The van der Waals surface area contributed by atoms with Gasteiger partial charge in [-0.1, -0.05) is 36.7 Å². The maximum atomic E-state index is 14.4. The van der Waals surface area contributed by atoms with Gasteiger partial charge in [-0.3, -0.25) is 18.7 Å². The number of hydrogen-bond acceptors (Lipinski definition) is 6. The van der Waals surface area contributed by atoms with Crippen molar-refractivity contribution in [3.63, 3.8) is 0 Å². The third kappa shape index (κ3) is 4.12. The molecule has 3 aromatic rings. The van der Waals surface area contributed by atoms with Crippen LogP contribution < -0.4 is 16.6 Å². The Morgan fingerprint density at radius 1 is 1.16 bits per heavy atom. The van der Waals surface area contributed by atoms with Gasteiger partial charge < -0.3 is 5.32 Å². The fourth-order valence-electron chi connectivity index (χ4n) is 3.77. The molecule has 1 N–H and O–H groups in total. The molecule has 31 heavy (non-hydrogen) atoms. The van der Waals surface area contributed by atoms with Gasteiger partial charge in [-0.15, -0.1) is 0 Å². The van der Waals surface area contributed by atoms with Gasteiger partial charge in [0.15, 0.2) is 11.5 Å². The molecule has 1 amide bonds. The minimum atomic E-state index is -0.558. The molecule has 1 saturated carbocycles. The van der Waals surface area contributed by atoms with E-state index in [0.717, 1.165) is 42.0 Å². The molecule has 0 spiro atoms. The molecular formula is C21H22FN5O3S. The predicted octanol–water partition coefficient (Wildman–Crippen LogP) is 1.98. The fourth-order valence-corrected chi connectivity index (χ4v) is 4.59. The van der Waals surface area contributed by atoms with E-state index in [2.05, 4.69) is 15.3 Å². The largest absolute Gasteiger partial charge is 0.353 e. The van der Waals surface area contributed by atoms with Gasteiger partial charge >= 0.3 is 5.69 Å². The summed E-state index contributed by atoms with van der Waals surface area (Å²) < 4.78 is 16.6. The van der Waals surface area contributed by atoms with Crippen molar-refractivity contribution in [2.45, 2.75) is 36.8 Å². The summed E-state index contributed by atoms with van der Waals surface area (Å²) >= 11 is 1.08. The SMILES string of the molecule is Cn1c(=O)c2c(SCC(=O)NC3CCCC3)nc(-c3ccccc3F)nc2n(C)c1=O. The molecule has 162 valence electrons. The molecular weight excluding hydrogens is 421 g/mol. The number of aryl methyl sites for hydroxylation is 1. The summed E-state index contributed by atoms with van der Waals surface area (Å²) in [7, 11) is 2.86. The van der Waals surface area contributed by atoms with Crippen LogP contribution in [0.2, 0.25) is 0 Å². The molecule has 0 bridgehead atoms. The molecule has 4 rings (SSSR count). The first-order valence-electron chi connectivity index (χ1n) is 10.0. The van der Waals surface area contributed by atoms with Crippen LogP contribution >= 0.6 is 11.8 Å². The van der Waals surface area contributed by atoms with E-state index in [0.29, 0.717) is 0 Å². The second-order valence-electron chi connectivity index (χ2n) is 7.57. The Morgan fingerprint density at radius 3 is 2.58 bits per heavy atom. The molecule has 10 heteroatoms. The lowest BCUT2D eigenvalue weighted by molar-refractivity contribution is -0.119. The van der Waals surface area contributed by atoms with Gasteiger partial charge in [-0.25, -0.2) is 19.2 Å². The molecule has 1 aliphatic carbocycles. The smallest absolute Gasteiger partial charge is 0.332 e. The zero-order valence-electron chi connectivity index (χ0n) is 17.2. The van der Waals surface area contributed by atoms with Gasteiger partial charge in [0.05, 0.1) is 11.3 Å². The van der Waals surface area contributed by atoms with Crippen molar-refractivity contribution in [3.05, 3.63) is 50.9 Å². The Kier molecular flexibility index (Phi) is 5.90. The molecule has 2 aromatic heterocycles. The fraction of sp³-hybridized carbons (Fsp3) is 0.381. The van der Waals surface area contributed by atoms with E-state index < -0.39 is 17.1 Å². The maximum absolute atomic E-state index is 14.4. The Labute approximate surface area is 181 Å². The zero-order valence-corrected chi connectivity index (χ0v) is 18.0. The van der Waals surface area contributed by atoms with E-state index in [-0.39, 0.29) is 45.1 Å². The number of aromatic nitrogens is 4. The van der Waals surface area contributed by atoms with E-state index in [1.165, 1.54) is 30.8 Å². The van der Waals surface area contributed by atoms with E-state index >= 15 is 0 Å². The number of nitrogens with one attached hydrogen (secondary N) is 1. The highest BCUT2D eigenvalue weighted by Crippen LogP contribution is 2.27. The lowest BCUT2D eigenvalue weighted by Crippen LogP contribution is -2.38. The summed E-state index contributed by atoms with van der Waals surface area (Å²) in [5.74, 6) is -0.582. The molecule has 2 heterocycles. The van der Waals surface area contributed by atoms with E-state index in [1.54, 1.807) is 12.1 Å². The molecule has 8 nitrogen and oxygen atoms in total. The van der Waals surface area contributed by atoms with E-state index in [4.69, 9.17) is 0 Å². The second kappa shape index (κ2) is 8.62. The van der Waals surface area contributed by atoms with Crippen molar-refractivity contribution in [2.75, 3.05) is 5.75 Å². The Bertz CT molecular complexity index is 1280.